The molecule has 0 spiro atoms. The molecule has 0 saturated heterocycles. The van der Waals surface area contributed by atoms with Crippen LogP contribution in [0.3, 0.4) is 0 Å². The average Bonchev–Trinajstić information content (AvgIpc) is 2.27. The number of carboxylic acids is 1. The number of carbonyl (C=O) groups is 1. The summed E-state index contributed by atoms with van der Waals surface area (Å²) in [4.78, 5) is 11.0. The van der Waals surface area contributed by atoms with E-state index in [2.05, 4.69) is 12.2 Å². The Balaban J connectivity index is 2.72. The maximum absolute atomic E-state index is 11.0. The molecule has 1 unspecified atom stereocenters. The number of ether oxygens (including phenoxy) is 1. The molecule has 0 aliphatic heterocycles. The SMILES string of the molecule is COCC(C)CNc1cccc(C(=O)O)c1C. The van der Waals surface area contributed by atoms with Gasteiger partial charge < -0.3 is 15.2 Å². The molecule has 0 saturated carbocycles. The molecule has 0 radical (unpaired) electrons. The van der Waals surface area contributed by atoms with Crippen LogP contribution in [-0.4, -0.2) is 31.3 Å². The van der Waals surface area contributed by atoms with Gasteiger partial charge >= 0.3 is 5.97 Å². The van der Waals surface area contributed by atoms with Gasteiger partial charge in [-0.1, -0.05) is 13.0 Å². The molecule has 2 N–H and O–H groups in total. The minimum absolute atomic E-state index is 0.342. The summed E-state index contributed by atoms with van der Waals surface area (Å²) < 4.78 is 5.05. The van der Waals surface area contributed by atoms with Gasteiger partial charge in [0.15, 0.2) is 0 Å². The van der Waals surface area contributed by atoms with Gasteiger partial charge in [-0.25, -0.2) is 4.79 Å². The third-order valence-corrected chi connectivity index (χ3v) is 2.66. The zero-order valence-electron chi connectivity index (χ0n) is 10.5. The lowest BCUT2D eigenvalue weighted by molar-refractivity contribution is 0.0696. The number of methoxy groups -OCH3 is 1. The van der Waals surface area contributed by atoms with Crippen LogP contribution >= 0.6 is 0 Å². The molecule has 1 rings (SSSR count). The summed E-state index contributed by atoms with van der Waals surface area (Å²) in [5.41, 5.74) is 1.98. The lowest BCUT2D eigenvalue weighted by Gasteiger charge is -2.15. The van der Waals surface area contributed by atoms with Gasteiger partial charge in [0.25, 0.3) is 0 Å². The number of anilines is 1. The maximum Gasteiger partial charge on any atom is 0.336 e. The van der Waals surface area contributed by atoms with Crippen LogP contribution < -0.4 is 5.32 Å². The van der Waals surface area contributed by atoms with Gasteiger partial charge in [-0.3, -0.25) is 0 Å². The highest BCUT2D eigenvalue weighted by atomic mass is 16.5. The monoisotopic (exact) mass is 237 g/mol. The highest BCUT2D eigenvalue weighted by Crippen LogP contribution is 2.19. The summed E-state index contributed by atoms with van der Waals surface area (Å²) in [7, 11) is 1.67. The van der Waals surface area contributed by atoms with E-state index in [-0.39, 0.29) is 0 Å². The van der Waals surface area contributed by atoms with Crippen molar-refractivity contribution in [1.82, 2.24) is 0 Å². The van der Waals surface area contributed by atoms with Crippen molar-refractivity contribution in [3.63, 3.8) is 0 Å². The van der Waals surface area contributed by atoms with Crippen molar-refractivity contribution in [3.8, 4) is 0 Å². The summed E-state index contributed by atoms with van der Waals surface area (Å²) in [6.07, 6.45) is 0. The van der Waals surface area contributed by atoms with E-state index in [1.54, 1.807) is 19.2 Å². The van der Waals surface area contributed by atoms with Gasteiger partial charge in [-0.05, 0) is 30.5 Å². The van der Waals surface area contributed by atoms with E-state index >= 15 is 0 Å². The van der Waals surface area contributed by atoms with Crippen molar-refractivity contribution >= 4 is 11.7 Å². The van der Waals surface area contributed by atoms with Crippen LogP contribution in [0.5, 0.6) is 0 Å². The third kappa shape index (κ3) is 3.75. The first-order chi connectivity index (χ1) is 8.06. The number of rotatable bonds is 6. The van der Waals surface area contributed by atoms with E-state index in [0.29, 0.717) is 18.1 Å². The standard InChI is InChI=1S/C13H19NO3/c1-9(8-17-3)7-14-12-6-4-5-11(10(12)2)13(15)16/h4-6,9,14H,7-8H2,1-3H3,(H,15,16). The molecular weight excluding hydrogens is 218 g/mol. The second-order valence-electron chi connectivity index (χ2n) is 4.22. The first-order valence-corrected chi connectivity index (χ1v) is 5.62. The molecule has 0 aliphatic rings. The van der Waals surface area contributed by atoms with Crippen molar-refractivity contribution in [2.24, 2.45) is 5.92 Å². The highest BCUT2D eigenvalue weighted by Gasteiger charge is 2.10. The van der Waals surface area contributed by atoms with Crippen LogP contribution in [0.1, 0.15) is 22.8 Å². The van der Waals surface area contributed by atoms with Gasteiger partial charge in [0.2, 0.25) is 0 Å². The van der Waals surface area contributed by atoms with Crippen molar-refractivity contribution in [2.45, 2.75) is 13.8 Å². The largest absolute Gasteiger partial charge is 0.478 e. The number of hydrogen-bond donors (Lipinski definition) is 2. The van der Waals surface area contributed by atoms with E-state index in [4.69, 9.17) is 9.84 Å². The number of aromatic carboxylic acids is 1. The average molecular weight is 237 g/mol. The molecule has 0 aromatic heterocycles. The van der Waals surface area contributed by atoms with E-state index in [9.17, 15) is 4.79 Å². The zero-order valence-corrected chi connectivity index (χ0v) is 10.5. The minimum atomic E-state index is -0.893. The van der Waals surface area contributed by atoms with Gasteiger partial charge in [0, 0.05) is 19.3 Å². The van der Waals surface area contributed by atoms with Crippen LogP contribution in [-0.2, 0) is 4.74 Å². The van der Waals surface area contributed by atoms with E-state index < -0.39 is 5.97 Å². The second kappa shape index (κ2) is 6.25. The predicted molar refractivity (Wildman–Crippen MR) is 67.7 cm³/mol. The molecule has 4 heteroatoms. The van der Waals surface area contributed by atoms with Crippen molar-refractivity contribution < 1.29 is 14.6 Å². The Labute approximate surface area is 102 Å². The second-order valence-corrected chi connectivity index (χ2v) is 4.22. The molecule has 0 bridgehead atoms. The molecule has 0 aliphatic carbocycles. The fourth-order valence-electron chi connectivity index (χ4n) is 1.69. The summed E-state index contributed by atoms with van der Waals surface area (Å²) in [5, 5.41) is 12.3. The van der Waals surface area contributed by atoms with Gasteiger partial charge in [0.05, 0.1) is 12.2 Å². The molecule has 1 aromatic carbocycles. The zero-order chi connectivity index (χ0) is 12.8. The summed E-state index contributed by atoms with van der Waals surface area (Å²) in [5.74, 6) is -0.510. The van der Waals surface area contributed by atoms with Crippen molar-refractivity contribution in [1.29, 1.82) is 0 Å². The third-order valence-electron chi connectivity index (χ3n) is 2.66. The molecule has 4 nitrogen and oxygen atoms in total. The van der Waals surface area contributed by atoms with Crippen LogP contribution in [0.4, 0.5) is 5.69 Å². The summed E-state index contributed by atoms with van der Waals surface area (Å²) >= 11 is 0. The normalized spacial score (nSPS) is 12.2. The molecule has 1 atom stereocenters. The van der Waals surface area contributed by atoms with Crippen molar-refractivity contribution in [3.05, 3.63) is 29.3 Å². The minimum Gasteiger partial charge on any atom is -0.478 e. The molecule has 0 fully saturated rings. The number of benzene rings is 1. The Morgan fingerprint density at radius 3 is 2.82 bits per heavy atom. The van der Waals surface area contributed by atoms with Crippen LogP contribution in [0.15, 0.2) is 18.2 Å². The van der Waals surface area contributed by atoms with E-state index in [0.717, 1.165) is 17.8 Å². The Morgan fingerprint density at radius 1 is 1.53 bits per heavy atom. The first kappa shape index (κ1) is 13.5. The smallest absolute Gasteiger partial charge is 0.336 e. The summed E-state index contributed by atoms with van der Waals surface area (Å²) in [6, 6.07) is 5.25. The molecular formula is C13H19NO3. The van der Waals surface area contributed by atoms with Crippen molar-refractivity contribution in [2.75, 3.05) is 25.6 Å². The Morgan fingerprint density at radius 2 is 2.24 bits per heavy atom. The fraction of sp³-hybridized carbons (Fsp3) is 0.462. The van der Waals surface area contributed by atoms with Gasteiger partial charge in [0.1, 0.15) is 0 Å². The van der Waals surface area contributed by atoms with Gasteiger partial charge in [-0.15, -0.1) is 0 Å². The molecule has 94 valence electrons. The molecule has 1 aromatic rings. The number of nitrogens with one attached hydrogen (secondary N) is 1. The summed E-state index contributed by atoms with van der Waals surface area (Å²) in [6.45, 7) is 5.34. The van der Waals surface area contributed by atoms with Crippen LogP contribution in [0.2, 0.25) is 0 Å². The maximum atomic E-state index is 11.0. The topological polar surface area (TPSA) is 58.6 Å². The Bertz CT molecular complexity index is 390. The number of hydrogen-bond acceptors (Lipinski definition) is 3. The Hall–Kier alpha value is -1.55. The Kier molecular flexibility index (Phi) is 4.97. The quantitative estimate of drug-likeness (QED) is 0.797. The van der Waals surface area contributed by atoms with Crippen LogP contribution in [0.25, 0.3) is 0 Å². The highest BCUT2D eigenvalue weighted by molar-refractivity contribution is 5.91. The number of carboxylic acid groups (broad SMARTS) is 1. The molecule has 17 heavy (non-hydrogen) atoms. The fourth-order valence-corrected chi connectivity index (χ4v) is 1.69. The van der Waals surface area contributed by atoms with E-state index in [1.807, 2.05) is 13.0 Å². The van der Waals surface area contributed by atoms with E-state index in [1.165, 1.54) is 0 Å². The molecule has 0 heterocycles. The van der Waals surface area contributed by atoms with Gasteiger partial charge in [-0.2, -0.15) is 0 Å². The lowest BCUT2D eigenvalue weighted by Crippen LogP contribution is -2.16. The van der Waals surface area contributed by atoms with Crippen LogP contribution in [0, 0.1) is 12.8 Å². The first-order valence-electron chi connectivity index (χ1n) is 5.62. The predicted octanol–water partition coefficient (Wildman–Crippen LogP) is 2.39. The molecule has 0 amide bonds. The lowest BCUT2D eigenvalue weighted by atomic mass is 10.1.